The molecule has 2 N–H and O–H groups in total. The molecule has 2 aromatic heterocycles. The van der Waals surface area contributed by atoms with Crippen molar-refractivity contribution in [3.63, 3.8) is 0 Å². The van der Waals surface area contributed by atoms with Gasteiger partial charge in [0.25, 0.3) is 0 Å². The van der Waals surface area contributed by atoms with Crippen LogP contribution in [0.4, 0.5) is 11.6 Å². The Morgan fingerprint density at radius 1 is 1.11 bits per heavy atom. The number of amides is 1. The second-order valence-corrected chi connectivity index (χ2v) is 9.38. The minimum atomic E-state index is -0.0915. The van der Waals surface area contributed by atoms with Gasteiger partial charge in [-0.2, -0.15) is 10.2 Å². The molecular weight excluding hydrogens is 442 g/mol. The molecule has 1 saturated heterocycles. The summed E-state index contributed by atoms with van der Waals surface area (Å²) in [5.41, 5.74) is 2.21. The fourth-order valence-corrected chi connectivity index (χ4v) is 5.23. The van der Waals surface area contributed by atoms with Crippen LogP contribution < -0.4 is 10.2 Å². The maximum atomic E-state index is 12.0. The normalized spacial score (nSPS) is 20.6. The van der Waals surface area contributed by atoms with E-state index in [-0.39, 0.29) is 18.9 Å². The summed E-state index contributed by atoms with van der Waals surface area (Å²) in [7, 11) is 0. The van der Waals surface area contributed by atoms with E-state index in [1.807, 2.05) is 18.3 Å². The number of nitrogens with zero attached hydrogens (tertiary/aromatic N) is 6. The predicted molar refractivity (Wildman–Crippen MR) is 134 cm³/mol. The van der Waals surface area contributed by atoms with Crippen molar-refractivity contribution < 1.29 is 9.90 Å². The van der Waals surface area contributed by atoms with Gasteiger partial charge in [-0.25, -0.2) is 4.98 Å². The Balaban J connectivity index is 1.32. The highest BCUT2D eigenvalue weighted by Gasteiger charge is 2.23. The lowest BCUT2D eigenvalue weighted by Crippen LogP contribution is -2.48. The molecule has 35 heavy (non-hydrogen) atoms. The Morgan fingerprint density at radius 2 is 1.91 bits per heavy atom. The van der Waals surface area contributed by atoms with Gasteiger partial charge in [-0.05, 0) is 55.9 Å². The van der Waals surface area contributed by atoms with E-state index >= 15 is 0 Å². The topological polar surface area (TPSA) is 110 Å². The summed E-state index contributed by atoms with van der Waals surface area (Å²) in [6.45, 7) is 3.00. The molecule has 5 rings (SSSR count). The molecule has 0 radical (unpaired) electrons. The summed E-state index contributed by atoms with van der Waals surface area (Å²) >= 11 is 0. The molecule has 1 aliphatic carbocycles. The van der Waals surface area contributed by atoms with E-state index in [0.29, 0.717) is 31.0 Å². The molecule has 0 unspecified atom stereocenters. The van der Waals surface area contributed by atoms with Gasteiger partial charge < -0.3 is 24.8 Å². The number of anilines is 2. The zero-order valence-corrected chi connectivity index (χ0v) is 19.8. The number of aliphatic hydroxyl groups excluding tert-OH is 1. The standard InChI is InChI=1S/C26H31N7O2/c27-11-8-25(35)32-16-14-31(15-17-32)22-2-1-3-23-21(22)10-13-33(23)24-9-12-28-26(30-24)29-20-6-4-19(18-34)5-7-20/h1-3,9-10,12-13,19-20,34H,4-8,14-18H2,(H,28,29,30)/t19-,20-. The van der Waals surface area contributed by atoms with Crippen molar-refractivity contribution in [1.82, 2.24) is 19.4 Å². The molecule has 2 aliphatic rings. The highest BCUT2D eigenvalue weighted by Crippen LogP contribution is 2.30. The van der Waals surface area contributed by atoms with E-state index in [4.69, 9.17) is 10.2 Å². The van der Waals surface area contributed by atoms with Crippen molar-refractivity contribution in [2.75, 3.05) is 43.0 Å². The quantitative estimate of drug-likeness (QED) is 0.566. The highest BCUT2D eigenvalue weighted by molar-refractivity contribution is 5.94. The average Bonchev–Trinajstić information content (AvgIpc) is 3.34. The molecule has 1 saturated carbocycles. The Bertz CT molecular complexity index is 1220. The first-order valence-corrected chi connectivity index (χ1v) is 12.4. The third kappa shape index (κ3) is 4.93. The van der Waals surface area contributed by atoms with Gasteiger partial charge in [0.15, 0.2) is 0 Å². The summed E-state index contributed by atoms with van der Waals surface area (Å²) in [5.74, 6) is 1.77. The first-order valence-electron chi connectivity index (χ1n) is 12.4. The number of benzene rings is 1. The largest absolute Gasteiger partial charge is 0.396 e. The second-order valence-electron chi connectivity index (χ2n) is 9.38. The zero-order valence-electron chi connectivity index (χ0n) is 19.8. The van der Waals surface area contributed by atoms with Crippen LogP contribution in [0.3, 0.4) is 0 Å². The van der Waals surface area contributed by atoms with Gasteiger partial charge >= 0.3 is 0 Å². The number of carbonyl (C=O) groups is 1. The maximum absolute atomic E-state index is 12.0. The fraction of sp³-hybridized carbons (Fsp3) is 0.462. The third-order valence-electron chi connectivity index (χ3n) is 7.24. The van der Waals surface area contributed by atoms with Gasteiger partial charge in [-0.1, -0.05) is 6.07 Å². The van der Waals surface area contributed by atoms with Gasteiger partial charge in [0.05, 0.1) is 11.6 Å². The van der Waals surface area contributed by atoms with E-state index in [1.165, 1.54) is 0 Å². The number of carbonyl (C=O) groups excluding carboxylic acids is 1. The molecule has 3 heterocycles. The molecule has 182 valence electrons. The summed E-state index contributed by atoms with van der Waals surface area (Å²) < 4.78 is 2.08. The van der Waals surface area contributed by atoms with Crippen molar-refractivity contribution in [2.45, 2.75) is 38.1 Å². The van der Waals surface area contributed by atoms with Crippen LogP contribution in [-0.2, 0) is 4.79 Å². The summed E-state index contributed by atoms with van der Waals surface area (Å²) in [4.78, 5) is 25.4. The summed E-state index contributed by atoms with van der Waals surface area (Å²) in [6.07, 6.45) is 7.86. The van der Waals surface area contributed by atoms with Crippen molar-refractivity contribution in [3.8, 4) is 11.9 Å². The van der Waals surface area contributed by atoms with Crippen molar-refractivity contribution in [2.24, 2.45) is 5.92 Å². The maximum Gasteiger partial charge on any atom is 0.236 e. The van der Waals surface area contributed by atoms with Crippen LogP contribution in [0, 0.1) is 17.2 Å². The van der Waals surface area contributed by atoms with Crippen LogP contribution in [0.5, 0.6) is 0 Å². The van der Waals surface area contributed by atoms with Crippen molar-refractivity contribution >= 4 is 28.4 Å². The summed E-state index contributed by atoms with van der Waals surface area (Å²) in [6, 6.07) is 12.6. The van der Waals surface area contributed by atoms with E-state index in [9.17, 15) is 9.90 Å². The first kappa shape index (κ1) is 23.1. The number of aliphatic hydroxyl groups is 1. The molecule has 1 aromatic carbocycles. The Morgan fingerprint density at radius 3 is 2.66 bits per heavy atom. The van der Waals surface area contributed by atoms with Crippen LogP contribution in [0.25, 0.3) is 16.7 Å². The smallest absolute Gasteiger partial charge is 0.236 e. The van der Waals surface area contributed by atoms with Crippen LogP contribution >= 0.6 is 0 Å². The van der Waals surface area contributed by atoms with Gasteiger partial charge in [-0.15, -0.1) is 0 Å². The molecule has 9 heteroatoms. The number of fused-ring (bicyclic) bond motifs is 1. The lowest BCUT2D eigenvalue weighted by atomic mass is 9.87. The Hall–Kier alpha value is -3.64. The number of piperazine rings is 1. The number of rotatable bonds is 6. The lowest BCUT2D eigenvalue weighted by Gasteiger charge is -2.36. The zero-order chi connectivity index (χ0) is 24.2. The number of hydrogen-bond acceptors (Lipinski definition) is 7. The molecule has 3 aromatic rings. The van der Waals surface area contributed by atoms with Crippen LogP contribution in [0.15, 0.2) is 42.7 Å². The molecule has 0 atom stereocenters. The Labute approximate surface area is 205 Å². The number of nitriles is 1. The van der Waals surface area contributed by atoms with E-state index in [0.717, 1.165) is 61.2 Å². The molecule has 9 nitrogen and oxygen atoms in total. The number of hydrogen-bond donors (Lipinski definition) is 2. The first-order chi connectivity index (χ1) is 17.2. The average molecular weight is 474 g/mol. The molecule has 1 aliphatic heterocycles. The van der Waals surface area contributed by atoms with Gasteiger partial charge in [-0.3, -0.25) is 4.79 Å². The second kappa shape index (κ2) is 10.3. The minimum absolute atomic E-state index is 0.0574. The fourth-order valence-electron chi connectivity index (χ4n) is 5.23. The number of nitrogens with one attached hydrogen (secondary N) is 1. The van der Waals surface area contributed by atoms with Crippen LogP contribution in [0.2, 0.25) is 0 Å². The highest BCUT2D eigenvalue weighted by atomic mass is 16.3. The summed E-state index contributed by atoms with van der Waals surface area (Å²) in [5, 5.41) is 22.8. The van der Waals surface area contributed by atoms with Crippen molar-refractivity contribution in [3.05, 3.63) is 42.7 Å². The molecule has 2 fully saturated rings. The van der Waals surface area contributed by atoms with E-state index < -0.39 is 0 Å². The van der Waals surface area contributed by atoms with E-state index in [1.54, 1.807) is 11.1 Å². The minimum Gasteiger partial charge on any atom is -0.396 e. The SMILES string of the molecule is N#CCC(=O)N1CCN(c2cccc3c2ccn3-c2ccnc(N[C@H]3CC[C@H](CO)CC3)n2)CC1. The van der Waals surface area contributed by atoms with Gasteiger partial charge in [0, 0.05) is 62.3 Å². The van der Waals surface area contributed by atoms with Crippen molar-refractivity contribution in [1.29, 1.82) is 5.26 Å². The monoisotopic (exact) mass is 473 g/mol. The van der Waals surface area contributed by atoms with Crippen LogP contribution in [0.1, 0.15) is 32.1 Å². The van der Waals surface area contributed by atoms with E-state index in [2.05, 4.69) is 44.0 Å². The molecule has 0 spiro atoms. The molecule has 0 bridgehead atoms. The van der Waals surface area contributed by atoms with Gasteiger partial charge in [0.2, 0.25) is 11.9 Å². The predicted octanol–water partition coefficient (Wildman–Crippen LogP) is 2.95. The van der Waals surface area contributed by atoms with Crippen LogP contribution in [-0.4, -0.2) is 69.3 Å². The Kier molecular flexibility index (Phi) is 6.82. The third-order valence-corrected chi connectivity index (χ3v) is 7.24. The molecule has 1 amide bonds. The lowest BCUT2D eigenvalue weighted by molar-refractivity contribution is -0.130. The number of aromatic nitrogens is 3. The molecular formula is C26H31N7O2. The van der Waals surface area contributed by atoms with Gasteiger partial charge in [0.1, 0.15) is 12.2 Å².